The number of amides is 1. The zero-order valence-corrected chi connectivity index (χ0v) is 12.1. The monoisotopic (exact) mass is 299 g/mol. The van der Waals surface area contributed by atoms with E-state index in [0.717, 1.165) is 24.4 Å². The fourth-order valence-corrected chi connectivity index (χ4v) is 2.60. The van der Waals surface area contributed by atoms with Crippen molar-refractivity contribution in [1.29, 1.82) is 0 Å². The van der Waals surface area contributed by atoms with Crippen LogP contribution in [0, 0.1) is 5.92 Å². The average Bonchev–Trinajstić information content (AvgIpc) is 3.24. The van der Waals surface area contributed by atoms with Crippen LogP contribution in [0.15, 0.2) is 35.1 Å². The molecule has 1 saturated carbocycles. The fourth-order valence-electron chi connectivity index (χ4n) is 2.60. The number of likely N-dealkylation sites (tertiary alicyclic amines) is 1. The van der Waals surface area contributed by atoms with Crippen LogP contribution < -0.4 is 4.74 Å². The van der Waals surface area contributed by atoms with Crippen molar-refractivity contribution in [3.8, 4) is 5.75 Å². The van der Waals surface area contributed by atoms with Gasteiger partial charge >= 0.3 is 0 Å². The van der Waals surface area contributed by atoms with E-state index in [9.17, 15) is 4.79 Å². The Morgan fingerprint density at radius 1 is 1.41 bits per heavy atom. The van der Waals surface area contributed by atoms with E-state index in [4.69, 9.17) is 9.26 Å². The van der Waals surface area contributed by atoms with E-state index in [1.807, 2.05) is 12.1 Å². The smallest absolute Gasteiger partial charge is 0.276 e. The molecule has 6 nitrogen and oxygen atoms in total. The van der Waals surface area contributed by atoms with Crippen molar-refractivity contribution in [3.63, 3.8) is 0 Å². The first kappa shape index (κ1) is 13.3. The molecule has 0 atom stereocenters. The molecule has 3 heterocycles. The quantitative estimate of drug-likeness (QED) is 0.845. The molecule has 2 fully saturated rings. The van der Waals surface area contributed by atoms with E-state index < -0.39 is 0 Å². The van der Waals surface area contributed by atoms with Crippen molar-refractivity contribution < 1.29 is 14.1 Å². The molecule has 1 amide bonds. The number of ether oxygens (including phenoxy) is 1. The van der Waals surface area contributed by atoms with Crippen molar-refractivity contribution in [2.75, 3.05) is 19.7 Å². The molecule has 1 saturated heterocycles. The summed E-state index contributed by atoms with van der Waals surface area (Å²) in [5.41, 5.74) is 0.425. The van der Waals surface area contributed by atoms with Gasteiger partial charge in [0.2, 0.25) is 0 Å². The summed E-state index contributed by atoms with van der Waals surface area (Å²) in [7, 11) is 0. The number of rotatable bonds is 5. The van der Waals surface area contributed by atoms with Crippen molar-refractivity contribution in [3.05, 3.63) is 42.0 Å². The van der Waals surface area contributed by atoms with Gasteiger partial charge in [-0.1, -0.05) is 5.16 Å². The van der Waals surface area contributed by atoms with Gasteiger partial charge in [0, 0.05) is 37.2 Å². The molecule has 1 aliphatic carbocycles. The van der Waals surface area contributed by atoms with Crippen LogP contribution in [-0.2, 0) is 0 Å². The first-order valence-electron chi connectivity index (χ1n) is 7.58. The fraction of sp³-hybridized carbons (Fsp3) is 0.438. The molecule has 0 bridgehead atoms. The standard InChI is InChI=1S/C16H17N3O3/c20-16(14-6-15(22-18-14)12-3-4-12)19-8-11(9-19)10-21-13-2-1-5-17-7-13/h1-2,5-7,11-12H,3-4,8-10H2. The highest BCUT2D eigenvalue weighted by atomic mass is 16.5. The summed E-state index contributed by atoms with van der Waals surface area (Å²) in [6, 6.07) is 5.51. The van der Waals surface area contributed by atoms with Gasteiger partial charge in [-0.25, -0.2) is 0 Å². The minimum Gasteiger partial charge on any atom is -0.492 e. The maximum Gasteiger partial charge on any atom is 0.276 e. The minimum absolute atomic E-state index is 0.0479. The second-order valence-corrected chi connectivity index (χ2v) is 5.96. The highest BCUT2D eigenvalue weighted by Crippen LogP contribution is 2.40. The predicted octanol–water partition coefficient (Wildman–Crippen LogP) is 2.10. The van der Waals surface area contributed by atoms with E-state index in [-0.39, 0.29) is 5.91 Å². The van der Waals surface area contributed by atoms with E-state index in [1.165, 1.54) is 0 Å². The normalized spacial score (nSPS) is 18.1. The Morgan fingerprint density at radius 2 is 2.27 bits per heavy atom. The van der Waals surface area contributed by atoms with Crippen LogP contribution in [0.4, 0.5) is 0 Å². The van der Waals surface area contributed by atoms with E-state index in [0.29, 0.717) is 37.2 Å². The highest BCUT2D eigenvalue weighted by molar-refractivity contribution is 5.92. The minimum atomic E-state index is -0.0479. The lowest BCUT2D eigenvalue weighted by atomic mass is 10.0. The lowest BCUT2D eigenvalue weighted by molar-refractivity contribution is 0.0383. The van der Waals surface area contributed by atoms with Gasteiger partial charge in [-0.05, 0) is 25.0 Å². The molecule has 2 aliphatic rings. The van der Waals surface area contributed by atoms with Gasteiger partial charge in [0.15, 0.2) is 5.69 Å². The summed E-state index contributed by atoms with van der Waals surface area (Å²) in [6.45, 7) is 2.00. The van der Waals surface area contributed by atoms with Crippen LogP contribution >= 0.6 is 0 Å². The molecule has 0 spiro atoms. The Kier molecular flexibility index (Phi) is 3.29. The molecule has 6 heteroatoms. The Labute approximate surface area is 128 Å². The zero-order valence-electron chi connectivity index (χ0n) is 12.1. The molecule has 114 valence electrons. The average molecular weight is 299 g/mol. The molecule has 0 aromatic carbocycles. The molecule has 2 aromatic heterocycles. The van der Waals surface area contributed by atoms with E-state index in [1.54, 1.807) is 23.4 Å². The summed E-state index contributed by atoms with van der Waals surface area (Å²) in [6.07, 6.45) is 5.68. The van der Waals surface area contributed by atoms with Crippen LogP contribution in [-0.4, -0.2) is 40.6 Å². The van der Waals surface area contributed by atoms with Gasteiger partial charge < -0.3 is 14.2 Å². The number of pyridine rings is 1. The summed E-state index contributed by atoms with van der Waals surface area (Å²) >= 11 is 0. The third kappa shape index (κ3) is 2.68. The Bertz CT molecular complexity index is 660. The number of hydrogen-bond acceptors (Lipinski definition) is 5. The van der Waals surface area contributed by atoms with Gasteiger partial charge in [0.05, 0.1) is 12.8 Å². The number of nitrogens with zero attached hydrogens (tertiary/aromatic N) is 3. The summed E-state index contributed by atoms with van der Waals surface area (Å²) in [5.74, 6) is 2.40. The molecule has 0 radical (unpaired) electrons. The summed E-state index contributed by atoms with van der Waals surface area (Å²) in [4.78, 5) is 18.0. The lowest BCUT2D eigenvalue weighted by Crippen LogP contribution is -2.52. The Balaban J connectivity index is 1.26. The Hall–Kier alpha value is -2.37. The largest absolute Gasteiger partial charge is 0.492 e. The van der Waals surface area contributed by atoms with Crippen molar-refractivity contribution in [2.45, 2.75) is 18.8 Å². The molecule has 0 unspecified atom stereocenters. The van der Waals surface area contributed by atoms with Gasteiger partial charge in [0.25, 0.3) is 5.91 Å². The van der Waals surface area contributed by atoms with E-state index >= 15 is 0 Å². The number of carbonyl (C=O) groups is 1. The van der Waals surface area contributed by atoms with Crippen LogP contribution in [0.5, 0.6) is 5.75 Å². The molecule has 1 aliphatic heterocycles. The van der Waals surface area contributed by atoms with Crippen molar-refractivity contribution >= 4 is 5.91 Å². The van der Waals surface area contributed by atoms with Crippen LogP contribution in [0.1, 0.15) is 35.0 Å². The van der Waals surface area contributed by atoms with Crippen LogP contribution in [0.2, 0.25) is 0 Å². The van der Waals surface area contributed by atoms with Crippen LogP contribution in [0.25, 0.3) is 0 Å². The number of carbonyl (C=O) groups excluding carboxylic acids is 1. The molecule has 4 rings (SSSR count). The molecule has 22 heavy (non-hydrogen) atoms. The highest BCUT2D eigenvalue weighted by Gasteiger charge is 2.34. The Morgan fingerprint density at radius 3 is 3.00 bits per heavy atom. The van der Waals surface area contributed by atoms with Crippen LogP contribution in [0.3, 0.4) is 0 Å². The number of hydrogen-bond donors (Lipinski definition) is 0. The number of aromatic nitrogens is 2. The van der Waals surface area contributed by atoms with E-state index in [2.05, 4.69) is 10.1 Å². The molecule has 0 N–H and O–H groups in total. The first-order chi connectivity index (χ1) is 10.8. The molecular formula is C16H17N3O3. The second-order valence-electron chi connectivity index (χ2n) is 5.96. The molecule has 2 aromatic rings. The van der Waals surface area contributed by atoms with Gasteiger partial charge in [-0.15, -0.1) is 0 Å². The SMILES string of the molecule is O=C(c1cc(C2CC2)on1)N1CC(COc2cccnc2)C1. The maximum absolute atomic E-state index is 12.3. The third-order valence-electron chi connectivity index (χ3n) is 4.09. The zero-order chi connectivity index (χ0) is 14.9. The maximum atomic E-state index is 12.3. The topological polar surface area (TPSA) is 68.5 Å². The van der Waals surface area contributed by atoms with Crippen molar-refractivity contribution in [2.24, 2.45) is 5.92 Å². The van der Waals surface area contributed by atoms with Gasteiger partial charge in [0.1, 0.15) is 11.5 Å². The van der Waals surface area contributed by atoms with Gasteiger partial charge in [-0.2, -0.15) is 0 Å². The first-order valence-corrected chi connectivity index (χ1v) is 7.58. The predicted molar refractivity (Wildman–Crippen MR) is 77.6 cm³/mol. The molecular weight excluding hydrogens is 282 g/mol. The second kappa shape index (κ2) is 5.44. The van der Waals surface area contributed by atoms with Crippen molar-refractivity contribution in [1.82, 2.24) is 15.0 Å². The lowest BCUT2D eigenvalue weighted by Gasteiger charge is -2.38. The summed E-state index contributed by atoms with van der Waals surface area (Å²) in [5, 5.41) is 3.89. The summed E-state index contributed by atoms with van der Waals surface area (Å²) < 4.78 is 10.9. The third-order valence-corrected chi connectivity index (χ3v) is 4.09. The van der Waals surface area contributed by atoms with Gasteiger partial charge in [-0.3, -0.25) is 9.78 Å².